The third kappa shape index (κ3) is 2.43. The van der Waals surface area contributed by atoms with Gasteiger partial charge in [-0.05, 0) is 40.3 Å². The van der Waals surface area contributed by atoms with E-state index in [0.29, 0.717) is 15.7 Å². The van der Waals surface area contributed by atoms with Gasteiger partial charge in [0.05, 0.1) is 11.3 Å². The zero-order valence-corrected chi connectivity index (χ0v) is 9.48. The Labute approximate surface area is 94.8 Å². The Bertz CT molecular complexity index is 394. The summed E-state index contributed by atoms with van der Waals surface area (Å²) in [7, 11) is 0. The molecule has 0 aromatic heterocycles. The molecule has 74 valence electrons. The standard InChI is InChI=1S/C8H8BrN3OS/c9-5-3-1-2-4(7(10)13)6(5)12-8(11)14/h1-3H,(H2,10,13)(H3,11,12,14). The fourth-order valence-electron chi connectivity index (χ4n) is 0.980. The molecule has 1 rings (SSSR count). The molecule has 0 aliphatic heterocycles. The molecule has 0 bridgehead atoms. The largest absolute Gasteiger partial charge is 0.376 e. The summed E-state index contributed by atoms with van der Waals surface area (Å²) in [6, 6.07) is 5.05. The Kier molecular flexibility index (Phi) is 3.43. The molecule has 0 heterocycles. The number of anilines is 1. The van der Waals surface area contributed by atoms with Gasteiger partial charge in [0.1, 0.15) is 0 Å². The highest BCUT2D eigenvalue weighted by molar-refractivity contribution is 9.10. The zero-order chi connectivity index (χ0) is 10.7. The fourth-order valence-corrected chi connectivity index (χ4v) is 1.55. The summed E-state index contributed by atoms with van der Waals surface area (Å²) in [4.78, 5) is 11.0. The molecule has 1 aromatic rings. The van der Waals surface area contributed by atoms with Crippen LogP contribution < -0.4 is 16.8 Å². The van der Waals surface area contributed by atoms with Gasteiger partial charge in [-0.25, -0.2) is 0 Å². The quantitative estimate of drug-likeness (QED) is 0.708. The molecule has 0 aliphatic rings. The molecule has 4 nitrogen and oxygen atoms in total. The molecular formula is C8H8BrN3OS. The van der Waals surface area contributed by atoms with Crippen LogP contribution in [-0.2, 0) is 0 Å². The van der Waals surface area contributed by atoms with Crippen molar-refractivity contribution in [3.63, 3.8) is 0 Å². The van der Waals surface area contributed by atoms with Crippen molar-refractivity contribution < 1.29 is 4.79 Å². The normalized spacial score (nSPS) is 9.50. The van der Waals surface area contributed by atoms with Crippen LogP contribution in [0.5, 0.6) is 0 Å². The molecule has 0 fully saturated rings. The van der Waals surface area contributed by atoms with E-state index >= 15 is 0 Å². The van der Waals surface area contributed by atoms with Crippen LogP contribution in [0.15, 0.2) is 22.7 Å². The number of nitrogens with two attached hydrogens (primary N) is 2. The highest BCUT2D eigenvalue weighted by atomic mass is 79.9. The lowest BCUT2D eigenvalue weighted by Crippen LogP contribution is -2.22. The first-order valence-corrected chi connectivity index (χ1v) is 4.87. The summed E-state index contributed by atoms with van der Waals surface area (Å²) < 4.78 is 0.682. The van der Waals surface area contributed by atoms with E-state index in [0.717, 1.165) is 0 Å². The van der Waals surface area contributed by atoms with E-state index < -0.39 is 5.91 Å². The van der Waals surface area contributed by atoms with Gasteiger partial charge in [-0.1, -0.05) is 6.07 Å². The van der Waals surface area contributed by atoms with Crippen molar-refractivity contribution in [1.82, 2.24) is 0 Å². The lowest BCUT2D eigenvalue weighted by molar-refractivity contribution is 0.100. The molecule has 14 heavy (non-hydrogen) atoms. The van der Waals surface area contributed by atoms with E-state index in [1.165, 1.54) is 0 Å². The topological polar surface area (TPSA) is 81.1 Å². The number of carbonyl (C=O) groups excluding carboxylic acids is 1. The number of thiocarbonyl (C=S) groups is 1. The molecule has 0 saturated heterocycles. The van der Waals surface area contributed by atoms with Gasteiger partial charge in [-0.2, -0.15) is 0 Å². The fraction of sp³-hybridized carbons (Fsp3) is 0. The van der Waals surface area contributed by atoms with Crippen molar-refractivity contribution >= 4 is 44.9 Å². The van der Waals surface area contributed by atoms with E-state index in [1.54, 1.807) is 18.2 Å². The van der Waals surface area contributed by atoms with E-state index in [4.69, 9.17) is 11.5 Å². The van der Waals surface area contributed by atoms with Crippen LogP contribution in [0.25, 0.3) is 0 Å². The average molecular weight is 274 g/mol. The molecule has 0 atom stereocenters. The molecule has 0 saturated carbocycles. The number of halogens is 1. The molecule has 0 aliphatic carbocycles. The number of amides is 1. The Morgan fingerprint density at radius 1 is 1.43 bits per heavy atom. The molecule has 0 spiro atoms. The minimum Gasteiger partial charge on any atom is -0.376 e. The summed E-state index contributed by atoms with van der Waals surface area (Å²) in [5, 5.41) is 2.77. The number of nitrogens with one attached hydrogen (secondary N) is 1. The van der Waals surface area contributed by atoms with Crippen molar-refractivity contribution in [2.24, 2.45) is 11.5 Å². The minimum atomic E-state index is -0.537. The molecule has 0 unspecified atom stereocenters. The second-order valence-electron chi connectivity index (χ2n) is 2.52. The lowest BCUT2D eigenvalue weighted by Gasteiger charge is -2.09. The molecule has 5 N–H and O–H groups in total. The maximum Gasteiger partial charge on any atom is 0.250 e. The van der Waals surface area contributed by atoms with Crippen molar-refractivity contribution in [1.29, 1.82) is 0 Å². The number of primary amides is 1. The van der Waals surface area contributed by atoms with Crippen molar-refractivity contribution in [2.45, 2.75) is 0 Å². The van der Waals surface area contributed by atoms with Crippen molar-refractivity contribution in [3.05, 3.63) is 28.2 Å². The highest BCUT2D eigenvalue weighted by Crippen LogP contribution is 2.25. The summed E-state index contributed by atoms with van der Waals surface area (Å²) >= 11 is 7.94. The number of benzene rings is 1. The Hall–Kier alpha value is -1.14. The Balaban J connectivity index is 3.22. The van der Waals surface area contributed by atoms with Crippen LogP contribution in [0.3, 0.4) is 0 Å². The van der Waals surface area contributed by atoms with Crippen molar-refractivity contribution in [2.75, 3.05) is 5.32 Å². The lowest BCUT2D eigenvalue weighted by atomic mass is 10.1. The summed E-state index contributed by atoms with van der Waals surface area (Å²) in [5.41, 5.74) is 11.3. The maximum absolute atomic E-state index is 11.0. The zero-order valence-electron chi connectivity index (χ0n) is 7.08. The number of carbonyl (C=O) groups is 1. The van der Waals surface area contributed by atoms with Crippen LogP contribution in [-0.4, -0.2) is 11.0 Å². The van der Waals surface area contributed by atoms with Crippen LogP contribution in [0, 0.1) is 0 Å². The molecule has 6 heteroatoms. The van der Waals surface area contributed by atoms with Gasteiger partial charge >= 0.3 is 0 Å². The van der Waals surface area contributed by atoms with Gasteiger partial charge < -0.3 is 16.8 Å². The van der Waals surface area contributed by atoms with E-state index in [9.17, 15) is 4.79 Å². The Morgan fingerprint density at radius 2 is 2.07 bits per heavy atom. The first kappa shape index (κ1) is 10.9. The first-order chi connectivity index (χ1) is 6.52. The summed E-state index contributed by atoms with van der Waals surface area (Å²) in [5.74, 6) is -0.537. The third-order valence-electron chi connectivity index (χ3n) is 1.53. The Morgan fingerprint density at radius 3 is 2.57 bits per heavy atom. The first-order valence-electron chi connectivity index (χ1n) is 3.67. The van der Waals surface area contributed by atoms with E-state index in [1.807, 2.05) is 0 Å². The predicted molar refractivity (Wildman–Crippen MR) is 63.1 cm³/mol. The van der Waals surface area contributed by atoms with Gasteiger partial charge in [0.15, 0.2) is 5.11 Å². The predicted octanol–water partition coefficient (Wildman–Crippen LogP) is 1.20. The number of hydrogen-bond donors (Lipinski definition) is 3. The van der Waals surface area contributed by atoms with Gasteiger partial charge in [0, 0.05) is 4.47 Å². The highest BCUT2D eigenvalue weighted by Gasteiger charge is 2.10. The average Bonchev–Trinajstić information content (AvgIpc) is 2.07. The maximum atomic E-state index is 11.0. The van der Waals surface area contributed by atoms with Crippen LogP contribution in [0.1, 0.15) is 10.4 Å². The van der Waals surface area contributed by atoms with Gasteiger partial charge in [-0.3, -0.25) is 4.79 Å². The minimum absolute atomic E-state index is 0.0828. The van der Waals surface area contributed by atoms with Gasteiger partial charge in [-0.15, -0.1) is 0 Å². The number of para-hydroxylation sites is 1. The SMILES string of the molecule is NC(=O)c1cccc(Br)c1NC(N)=S. The van der Waals surface area contributed by atoms with Crippen LogP contribution >= 0.6 is 28.1 Å². The van der Waals surface area contributed by atoms with Gasteiger partial charge in [0.25, 0.3) is 5.91 Å². The second kappa shape index (κ2) is 4.39. The van der Waals surface area contributed by atoms with Crippen LogP contribution in [0.2, 0.25) is 0 Å². The summed E-state index contributed by atoms with van der Waals surface area (Å²) in [6.45, 7) is 0. The van der Waals surface area contributed by atoms with Gasteiger partial charge in [0.2, 0.25) is 0 Å². The smallest absolute Gasteiger partial charge is 0.250 e. The third-order valence-corrected chi connectivity index (χ3v) is 2.29. The summed E-state index contributed by atoms with van der Waals surface area (Å²) in [6.07, 6.45) is 0. The monoisotopic (exact) mass is 273 g/mol. The number of hydrogen-bond acceptors (Lipinski definition) is 2. The second-order valence-corrected chi connectivity index (χ2v) is 3.81. The molecule has 1 aromatic carbocycles. The molecule has 0 radical (unpaired) electrons. The van der Waals surface area contributed by atoms with Crippen molar-refractivity contribution in [3.8, 4) is 0 Å². The molecule has 1 amide bonds. The van der Waals surface area contributed by atoms with E-state index in [-0.39, 0.29) is 5.11 Å². The van der Waals surface area contributed by atoms with E-state index in [2.05, 4.69) is 33.5 Å². The van der Waals surface area contributed by atoms with Crippen LogP contribution in [0.4, 0.5) is 5.69 Å². The number of rotatable bonds is 2. The molecular weight excluding hydrogens is 266 g/mol.